The van der Waals surface area contributed by atoms with Gasteiger partial charge in [-0.3, -0.25) is 4.79 Å². The largest absolute Gasteiger partial charge is 0.493 e. The van der Waals surface area contributed by atoms with Crippen LogP contribution >= 0.6 is 0 Å². The van der Waals surface area contributed by atoms with Gasteiger partial charge >= 0.3 is 0 Å². The Morgan fingerprint density at radius 2 is 1.90 bits per heavy atom. The van der Waals surface area contributed by atoms with Gasteiger partial charge < -0.3 is 14.8 Å². The molecule has 6 heteroatoms. The Morgan fingerprint density at radius 1 is 1.13 bits per heavy atom. The van der Waals surface area contributed by atoms with Crippen molar-refractivity contribution in [2.75, 3.05) is 7.11 Å². The first-order valence-corrected chi connectivity index (χ1v) is 10.4. The van der Waals surface area contributed by atoms with Crippen molar-refractivity contribution in [1.29, 1.82) is 10.5 Å². The molecule has 1 amide bonds. The lowest BCUT2D eigenvalue weighted by molar-refractivity contribution is -0.117. The first-order chi connectivity index (χ1) is 15.1. The minimum absolute atomic E-state index is 0.0595. The molecule has 31 heavy (non-hydrogen) atoms. The van der Waals surface area contributed by atoms with Crippen molar-refractivity contribution >= 4 is 12.0 Å². The lowest BCUT2D eigenvalue weighted by Gasteiger charge is -2.22. The Labute approximate surface area is 182 Å². The molecule has 3 rings (SSSR count). The van der Waals surface area contributed by atoms with Gasteiger partial charge in [0.2, 0.25) is 0 Å². The molecule has 0 bridgehead atoms. The van der Waals surface area contributed by atoms with E-state index < -0.39 is 0 Å². The fourth-order valence-electron chi connectivity index (χ4n) is 3.63. The maximum absolute atomic E-state index is 12.5. The summed E-state index contributed by atoms with van der Waals surface area (Å²) < 4.78 is 11.3. The second kappa shape index (κ2) is 10.8. The van der Waals surface area contributed by atoms with Gasteiger partial charge in [0.1, 0.15) is 18.2 Å². The Morgan fingerprint density at radius 3 is 2.61 bits per heavy atom. The fourth-order valence-corrected chi connectivity index (χ4v) is 3.63. The van der Waals surface area contributed by atoms with E-state index in [-0.39, 0.29) is 24.1 Å². The SMILES string of the molecule is COc1cc(/C=C(\C#N)C(=O)NC2CCCCC2)ccc1OCc1ccccc1C#N. The van der Waals surface area contributed by atoms with Crippen molar-refractivity contribution in [3.05, 3.63) is 64.7 Å². The predicted molar refractivity (Wildman–Crippen MR) is 117 cm³/mol. The molecule has 0 saturated heterocycles. The number of nitriles is 2. The van der Waals surface area contributed by atoms with Crippen molar-refractivity contribution < 1.29 is 14.3 Å². The molecule has 0 aliphatic heterocycles. The van der Waals surface area contributed by atoms with Crippen LogP contribution in [-0.4, -0.2) is 19.1 Å². The molecule has 1 aliphatic rings. The number of hydrogen-bond acceptors (Lipinski definition) is 5. The first-order valence-electron chi connectivity index (χ1n) is 10.4. The zero-order chi connectivity index (χ0) is 22.1. The summed E-state index contributed by atoms with van der Waals surface area (Å²) in [7, 11) is 1.53. The molecule has 1 saturated carbocycles. The number of rotatable bonds is 7. The molecule has 0 heterocycles. The number of ether oxygens (including phenoxy) is 2. The van der Waals surface area contributed by atoms with E-state index in [4.69, 9.17) is 9.47 Å². The number of methoxy groups -OCH3 is 1. The summed E-state index contributed by atoms with van der Waals surface area (Å²) in [6.45, 7) is 0.225. The summed E-state index contributed by atoms with van der Waals surface area (Å²) >= 11 is 0. The van der Waals surface area contributed by atoms with Crippen LogP contribution in [0.25, 0.3) is 6.08 Å². The van der Waals surface area contributed by atoms with Crippen LogP contribution in [0.3, 0.4) is 0 Å². The number of carbonyl (C=O) groups is 1. The van der Waals surface area contributed by atoms with E-state index in [0.717, 1.165) is 31.2 Å². The molecule has 1 N–H and O–H groups in total. The van der Waals surface area contributed by atoms with Crippen LogP contribution in [-0.2, 0) is 11.4 Å². The highest BCUT2D eigenvalue weighted by Gasteiger charge is 2.18. The Kier molecular flexibility index (Phi) is 7.67. The third kappa shape index (κ3) is 5.87. The van der Waals surface area contributed by atoms with Crippen LogP contribution in [0.1, 0.15) is 48.8 Å². The number of nitrogens with zero attached hydrogens (tertiary/aromatic N) is 2. The van der Waals surface area contributed by atoms with E-state index in [9.17, 15) is 15.3 Å². The second-order valence-corrected chi connectivity index (χ2v) is 7.45. The van der Waals surface area contributed by atoms with Crippen molar-refractivity contribution in [1.82, 2.24) is 5.32 Å². The Balaban J connectivity index is 1.72. The highest BCUT2D eigenvalue weighted by atomic mass is 16.5. The smallest absolute Gasteiger partial charge is 0.262 e. The number of amides is 1. The number of hydrogen-bond donors (Lipinski definition) is 1. The molecule has 158 valence electrons. The van der Waals surface area contributed by atoms with Gasteiger partial charge in [-0.25, -0.2) is 0 Å². The van der Waals surface area contributed by atoms with E-state index in [2.05, 4.69) is 11.4 Å². The molecule has 0 spiro atoms. The maximum Gasteiger partial charge on any atom is 0.262 e. The summed E-state index contributed by atoms with van der Waals surface area (Å²) in [5.41, 5.74) is 2.06. The van der Waals surface area contributed by atoms with Crippen LogP contribution in [0.5, 0.6) is 11.5 Å². The summed E-state index contributed by atoms with van der Waals surface area (Å²) in [6.07, 6.45) is 6.87. The van der Waals surface area contributed by atoms with E-state index in [0.29, 0.717) is 22.6 Å². The van der Waals surface area contributed by atoms with Gasteiger partial charge in [-0.15, -0.1) is 0 Å². The standard InChI is InChI=1S/C25H25N3O3/c1-30-24-14-18(13-21(16-27)25(29)28-22-9-3-2-4-10-22)11-12-23(24)31-17-20-8-6-5-7-19(20)15-26/h5-8,11-14,22H,2-4,9-10,17H2,1H3,(H,28,29)/b21-13+. The average molecular weight is 415 g/mol. The van der Waals surface area contributed by atoms with Crippen LogP contribution in [0.4, 0.5) is 0 Å². The number of benzene rings is 2. The zero-order valence-corrected chi connectivity index (χ0v) is 17.6. The van der Waals surface area contributed by atoms with Gasteiger partial charge in [-0.1, -0.05) is 43.5 Å². The molecular weight excluding hydrogens is 390 g/mol. The monoisotopic (exact) mass is 415 g/mol. The van der Waals surface area contributed by atoms with Gasteiger partial charge in [0.05, 0.1) is 18.7 Å². The molecular formula is C25H25N3O3. The molecule has 2 aromatic carbocycles. The molecule has 0 atom stereocenters. The summed E-state index contributed by atoms with van der Waals surface area (Å²) in [5.74, 6) is 0.646. The van der Waals surface area contributed by atoms with Crippen LogP contribution < -0.4 is 14.8 Å². The summed E-state index contributed by atoms with van der Waals surface area (Å²) in [5, 5.41) is 21.6. The van der Waals surface area contributed by atoms with Crippen molar-refractivity contribution in [3.63, 3.8) is 0 Å². The quantitative estimate of drug-likeness (QED) is 0.531. The molecule has 2 aromatic rings. The summed E-state index contributed by atoms with van der Waals surface area (Å²) in [6, 6.07) is 16.7. The van der Waals surface area contributed by atoms with Gasteiger partial charge in [0.25, 0.3) is 5.91 Å². The maximum atomic E-state index is 12.5. The predicted octanol–water partition coefficient (Wildman–Crippen LogP) is 4.50. The van der Waals surface area contributed by atoms with Gasteiger partial charge in [0, 0.05) is 11.6 Å². The van der Waals surface area contributed by atoms with Crippen molar-refractivity contribution in [3.8, 4) is 23.6 Å². The lowest BCUT2D eigenvalue weighted by Crippen LogP contribution is -2.36. The van der Waals surface area contributed by atoms with Gasteiger partial charge in [-0.2, -0.15) is 10.5 Å². The van der Waals surface area contributed by atoms with Crippen molar-refractivity contribution in [2.24, 2.45) is 0 Å². The van der Waals surface area contributed by atoms with Crippen LogP contribution in [0.2, 0.25) is 0 Å². The normalized spacial score (nSPS) is 14.2. The van der Waals surface area contributed by atoms with E-state index >= 15 is 0 Å². The highest BCUT2D eigenvalue weighted by molar-refractivity contribution is 6.01. The first kappa shape index (κ1) is 21.9. The zero-order valence-electron chi connectivity index (χ0n) is 17.6. The van der Waals surface area contributed by atoms with Gasteiger partial charge in [-0.05, 0) is 42.7 Å². The Bertz CT molecular complexity index is 1040. The highest BCUT2D eigenvalue weighted by Crippen LogP contribution is 2.30. The average Bonchev–Trinajstić information content (AvgIpc) is 2.82. The molecule has 1 fully saturated rings. The number of carbonyl (C=O) groups excluding carboxylic acids is 1. The minimum Gasteiger partial charge on any atom is -0.493 e. The van der Waals surface area contributed by atoms with Crippen LogP contribution in [0.15, 0.2) is 48.0 Å². The Hall–Kier alpha value is -3.77. The third-order valence-corrected chi connectivity index (χ3v) is 5.33. The lowest BCUT2D eigenvalue weighted by atomic mass is 9.95. The fraction of sp³-hybridized carbons (Fsp3) is 0.320. The molecule has 0 unspecified atom stereocenters. The minimum atomic E-state index is -0.346. The molecule has 0 aromatic heterocycles. The molecule has 0 radical (unpaired) electrons. The van der Waals surface area contributed by atoms with Gasteiger partial charge in [0.15, 0.2) is 11.5 Å². The topological polar surface area (TPSA) is 95.1 Å². The summed E-state index contributed by atoms with van der Waals surface area (Å²) in [4.78, 5) is 12.5. The van der Waals surface area contributed by atoms with E-state index in [1.54, 1.807) is 36.4 Å². The second-order valence-electron chi connectivity index (χ2n) is 7.45. The molecule has 1 aliphatic carbocycles. The van der Waals surface area contributed by atoms with Crippen molar-refractivity contribution in [2.45, 2.75) is 44.8 Å². The number of nitrogens with one attached hydrogen (secondary N) is 1. The van der Waals surface area contributed by atoms with Crippen LogP contribution in [0, 0.1) is 22.7 Å². The van der Waals surface area contributed by atoms with E-state index in [1.165, 1.54) is 13.5 Å². The molecule has 6 nitrogen and oxygen atoms in total. The van der Waals surface area contributed by atoms with E-state index in [1.807, 2.05) is 18.2 Å². The third-order valence-electron chi connectivity index (χ3n) is 5.33.